The lowest BCUT2D eigenvalue weighted by Gasteiger charge is -2.19. The Hall–Kier alpha value is -2.09. The fraction of sp³-hybridized carbons (Fsp3) is 0.467. The normalized spacial score (nSPS) is 15.7. The van der Waals surface area contributed by atoms with Crippen LogP contribution < -0.4 is 4.74 Å². The van der Waals surface area contributed by atoms with Gasteiger partial charge in [0.25, 0.3) is 0 Å². The molecule has 0 aliphatic carbocycles. The van der Waals surface area contributed by atoms with Crippen molar-refractivity contribution in [3.05, 3.63) is 24.3 Å². The number of thioether (sulfide) groups is 1. The molecule has 1 aliphatic rings. The third-order valence-electron chi connectivity index (χ3n) is 3.81. The number of rotatable bonds is 5. The van der Waals surface area contributed by atoms with Gasteiger partial charge in [-0.15, -0.1) is 5.10 Å². The molecule has 0 unspecified atom stereocenters. The second-order valence-corrected chi connectivity index (χ2v) is 6.67. The molecule has 7 nitrogen and oxygen atoms in total. The van der Waals surface area contributed by atoms with Crippen molar-refractivity contribution in [3.8, 4) is 11.4 Å². The van der Waals surface area contributed by atoms with E-state index in [9.17, 15) is 4.79 Å². The van der Waals surface area contributed by atoms with E-state index in [1.807, 2.05) is 36.1 Å². The molecule has 0 saturated carbocycles. The van der Waals surface area contributed by atoms with Gasteiger partial charge in [-0.1, -0.05) is 11.8 Å². The number of nitrogens with zero attached hydrogens (tertiary/aromatic N) is 5. The lowest BCUT2D eigenvalue weighted by molar-refractivity contribution is -0.129. The van der Waals surface area contributed by atoms with Crippen molar-refractivity contribution in [2.45, 2.75) is 30.2 Å². The van der Waals surface area contributed by atoms with Crippen LogP contribution in [0.1, 0.15) is 19.8 Å². The first-order valence-corrected chi connectivity index (χ1v) is 8.45. The van der Waals surface area contributed by atoms with Crippen LogP contribution in [0.3, 0.4) is 0 Å². The molecule has 1 aromatic carbocycles. The molecule has 1 aliphatic heterocycles. The summed E-state index contributed by atoms with van der Waals surface area (Å²) in [6, 6.07) is 7.47. The van der Waals surface area contributed by atoms with Gasteiger partial charge in [0, 0.05) is 13.1 Å². The van der Waals surface area contributed by atoms with Crippen LogP contribution in [0, 0.1) is 0 Å². The van der Waals surface area contributed by atoms with Crippen molar-refractivity contribution in [1.82, 2.24) is 25.1 Å². The Balaban J connectivity index is 1.73. The number of aromatic nitrogens is 4. The number of amides is 1. The number of likely N-dealkylation sites (tertiary alicyclic amines) is 1. The number of tetrazole rings is 1. The first kappa shape index (κ1) is 15.8. The third-order valence-corrected chi connectivity index (χ3v) is 4.83. The SMILES string of the molecule is COc1ccc(-n2nnnc2S[C@@H](C)C(=O)N2CCCC2)cc1. The second kappa shape index (κ2) is 6.99. The van der Waals surface area contributed by atoms with Gasteiger partial charge in [-0.05, 0) is 54.5 Å². The summed E-state index contributed by atoms with van der Waals surface area (Å²) in [7, 11) is 1.62. The molecule has 1 amide bonds. The summed E-state index contributed by atoms with van der Waals surface area (Å²) in [5.41, 5.74) is 0.833. The van der Waals surface area contributed by atoms with Gasteiger partial charge in [0.2, 0.25) is 11.1 Å². The number of benzene rings is 1. The van der Waals surface area contributed by atoms with E-state index in [-0.39, 0.29) is 11.2 Å². The van der Waals surface area contributed by atoms with Gasteiger partial charge in [0.15, 0.2) is 0 Å². The lowest BCUT2D eigenvalue weighted by atomic mass is 10.3. The van der Waals surface area contributed by atoms with Crippen LogP contribution in [0.5, 0.6) is 5.75 Å². The van der Waals surface area contributed by atoms with Gasteiger partial charge in [-0.25, -0.2) is 0 Å². The van der Waals surface area contributed by atoms with Crippen LogP contribution in [0.4, 0.5) is 0 Å². The highest BCUT2D eigenvalue weighted by Crippen LogP contribution is 2.25. The third kappa shape index (κ3) is 3.47. The first-order valence-electron chi connectivity index (χ1n) is 7.57. The van der Waals surface area contributed by atoms with Gasteiger partial charge in [-0.3, -0.25) is 4.79 Å². The first-order chi connectivity index (χ1) is 11.2. The van der Waals surface area contributed by atoms with Crippen molar-refractivity contribution >= 4 is 17.7 Å². The standard InChI is InChI=1S/C15H19N5O2S/c1-11(14(21)19-9-3-4-10-19)23-15-16-17-18-20(15)12-5-7-13(22-2)8-6-12/h5-8,11H,3-4,9-10H2,1-2H3/t11-/m0/s1. The van der Waals surface area contributed by atoms with Crippen molar-refractivity contribution in [2.24, 2.45) is 0 Å². The Morgan fingerprint density at radius 3 is 2.61 bits per heavy atom. The molecule has 0 bridgehead atoms. The van der Waals surface area contributed by atoms with E-state index in [4.69, 9.17) is 4.74 Å². The van der Waals surface area contributed by atoms with E-state index in [0.717, 1.165) is 37.4 Å². The zero-order valence-electron chi connectivity index (χ0n) is 13.2. The Labute approximate surface area is 139 Å². The summed E-state index contributed by atoms with van der Waals surface area (Å²) in [5, 5.41) is 12.2. The van der Waals surface area contributed by atoms with E-state index in [2.05, 4.69) is 15.5 Å². The Morgan fingerprint density at radius 2 is 1.96 bits per heavy atom. The fourth-order valence-electron chi connectivity index (χ4n) is 2.54. The summed E-state index contributed by atoms with van der Waals surface area (Å²) in [4.78, 5) is 14.3. The molecule has 0 radical (unpaired) electrons. The van der Waals surface area contributed by atoms with E-state index in [1.165, 1.54) is 11.8 Å². The second-order valence-electron chi connectivity index (χ2n) is 5.36. The number of methoxy groups -OCH3 is 1. The summed E-state index contributed by atoms with van der Waals surface area (Å²) in [5.74, 6) is 0.922. The van der Waals surface area contributed by atoms with Gasteiger partial charge in [-0.2, -0.15) is 4.68 Å². The largest absolute Gasteiger partial charge is 0.497 e. The molecule has 23 heavy (non-hydrogen) atoms. The average molecular weight is 333 g/mol. The van der Waals surface area contributed by atoms with Crippen LogP contribution in [0.25, 0.3) is 5.69 Å². The van der Waals surface area contributed by atoms with Gasteiger partial charge in [0.1, 0.15) is 5.75 Å². The van der Waals surface area contributed by atoms with Gasteiger partial charge in [0.05, 0.1) is 18.0 Å². The molecule has 2 aromatic rings. The van der Waals surface area contributed by atoms with E-state index in [1.54, 1.807) is 11.8 Å². The molecule has 122 valence electrons. The Morgan fingerprint density at radius 1 is 1.26 bits per heavy atom. The zero-order valence-corrected chi connectivity index (χ0v) is 14.0. The summed E-state index contributed by atoms with van der Waals surface area (Å²) < 4.78 is 6.79. The molecule has 0 N–H and O–H groups in total. The maximum Gasteiger partial charge on any atom is 0.235 e. The average Bonchev–Trinajstić information content (AvgIpc) is 3.26. The number of ether oxygens (including phenoxy) is 1. The minimum Gasteiger partial charge on any atom is -0.497 e. The molecule has 1 atom stereocenters. The zero-order chi connectivity index (χ0) is 16.2. The smallest absolute Gasteiger partial charge is 0.235 e. The topological polar surface area (TPSA) is 73.1 Å². The quantitative estimate of drug-likeness (QED) is 0.777. The molecule has 1 aromatic heterocycles. The highest BCUT2D eigenvalue weighted by Gasteiger charge is 2.25. The van der Waals surface area contributed by atoms with E-state index < -0.39 is 0 Å². The van der Waals surface area contributed by atoms with Gasteiger partial charge < -0.3 is 9.64 Å². The molecular weight excluding hydrogens is 314 g/mol. The van der Waals surface area contributed by atoms with Crippen LogP contribution in [-0.4, -0.2) is 56.5 Å². The summed E-state index contributed by atoms with van der Waals surface area (Å²) in [6.45, 7) is 3.61. The minimum atomic E-state index is -0.212. The maximum absolute atomic E-state index is 12.4. The van der Waals surface area contributed by atoms with Crippen molar-refractivity contribution in [2.75, 3.05) is 20.2 Å². The van der Waals surface area contributed by atoms with E-state index in [0.29, 0.717) is 5.16 Å². The fourth-order valence-corrected chi connectivity index (χ4v) is 3.43. The summed E-state index contributed by atoms with van der Waals surface area (Å²) >= 11 is 1.38. The van der Waals surface area contributed by atoms with Crippen molar-refractivity contribution < 1.29 is 9.53 Å². The highest BCUT2D eigenvalue weighted by atomic mass is 32.2. The predicted octanol–water partition coefficient (Wildman–Crippen LogP) is 1.77. The van der Waals surface area contributed by atoms with Crippen molar-refractivity contribution in [3.63, 3.8) is 0 Å². The molecule has 3 rings (SSSR count). The number of hydrogen-bond donors (Lipinski definition) is 0. The van der Waals surface area contributed by atoms with Gasteiger partial charge >= 0.3 is 0 Å². The van der Waals surface area contributed by atoms with Crippen LogP contribution in [-0.2, 0) is 4.79 Å². The van der Waals surface area contributed by atoms with Crippen LogP contribution >= 0.6 is 11.8 Å². The van der Waals surface area contributed by atoms with Crippen LogP contribution in [0.2, 0.25) is 0 Å². The molecule has 0 spiro atoms. The molecule has 1 fully saturated rings. The number of hydrogen-bond acceptors (Lipinski definition) is 6. The summed E-state index contributed by atoms with van der Waals surface area (Å²) in [6.07, 6.45) is 2.18. The molecule has 2 heterocycles. The highest BCUT2D eigenvalue weighted by molar-refractivity contribution is 8.00. The minimum absolute atomic E-state index is 0.150. The molecule has 1 saturated heterocycles. The molecule has 8 heteroatoms. The number of carbonyl (C=O) groups is 1. The van der Waals surface area contributed by atoms with Crippen LogP contribution in [0.15, 0.2) is 29.4 Å². The Bertz CT molecular complexity index is 667. The molecular formula is C15H19N5O2S. The lowest BCUT2D eigenvalue weighted by Crippen LogP contribution is -2.34. The van der Waals surface area contributed by atoms with Crippen molar-refractivity contribution in [1.29, 1.82) is 0 Å². The predicted molar refractivity (Wildman–Crippen MR) is 86.8 cm³/mol. The Kier molecular flexibility index (Phi) is 4.80. The maximum atomic E-state index is 12.4. The monoisotopic (exact) mass is 333 g/mol. The van der Waals surface area contributed by atoms with E-state index >= 15 is 0 Å². The number of carbonyl (C=O) groups excluding carboxylic acids is 1.